The summed E-state index contributed by atoms with van der Waals surface area (Å²) >= 11 is 6.07. The molecule has 3 unspecified atom stereocenters. The molecule has 0 radical (unpaired) electrons. The molecule has 1 aromatic carbocycles. The number of nitrogens with one attached hydrogen (secondary N) is 1. The van der Waals surface area contributed by atoms with Gasteiger partial charge in [-0.2, -0.15) is 0 Å². The highest BCUT2D eigenvalue weighted by Gasteiger charge is 2.39. The molecular formula is C15H21ClN2O2S. The van der Waals surface area contributed by atoms with Gasteiger partial charge in [0.2, 0.25) is 10.0 Å². The average Bonchev–Trinajstić information content (AvgIpc) is 3.03. The van der Waals surface area contributed by atoms with E-state index in [1.807, 2.05) is 0 Å². The summed E-state index contributed by atoms with van der Waals surface area (Å²) in [5, 5.41) is 0.224. The van der Waals surface area contributed by atoms with E-state index in [0.717, 1.165) is 17.9 Å². The first-order valence-corrected chi connectivity index (χ1v) is 9.28. The van der Waals surface area contributed by atoms with Gasteiger partial charge in [0.05, 0.1) is 5.02 Å². The lowest BCUT2D eigenvalue weighted by molar-refractivity contribution is 0.333. The third-order valence-corrected chi connectivity index (χ3v) is 6.92. The number of fused-ring (bicyclic) bond motifs is 2. The molecule has 6 heteroatoms. The fourth-order valence-corrected chi connectivity index (χ4v) is 5.51. The lowest BCUT2D eigenvalue weighted by Gasteiger charge is -2.22. The second-order valence-corrected chi connectivity index (χ2v) is 8.57. The Labute approximate surface area is 131 Å². The topological polar surface area (TPSA) is 72.2 Å². The van der Waals surface area contributed by atoms with Crippen LogP contribution >= 0.6 is 11.6 Å². The van der Waals surface area contributed by atoms with E-state index >= 15 is 0 Å². The number of nitrogens with two attached hydrogens (primary N) is 1. The molecule has 3 atom stereocenters. The minimum absolute atomic E-state index is 0.0791. The Morgan fingerprint density at radius 1 is 1.33 bits per heavy atom. The zero-order chi connectivity index (χ0) is 15.2. The zero-order valence-electron chi connectivity index (χ0n) is 12.1. The van der Waals surface area contributed by atoms with Crippen LogP contribution in [0.25, 0.3) is 0 Å². The monoisotopic (exact) mass is 328 g/mol. The van der Waals surface area contributed by atoms with Crippen LogP contribution in [0.2, 0.25) is 5.02 Å². The maximum Gasteiger partial charge on any atom is 0.242 e. The van der Waals surface area contributed by atoms with Crippen LogP contribution in [-0.4, -0.2) is 15.0 Å². The summed E-state index contributed by atoms with van der Waals surface area (Å²) in [6, 6.07) is 3.05. The molecule has 0 saturated heterocycles. The Hall–Kier alpha value is -0.780. The van der Waals surface area contributed by atoms with Crippen LogP contribution in [0.1, 0.15) is 31.2 Å². The molecule has 3 N–H and O–H groups in total. The second kappa shape index (κ2) is 5.45. The lowest BCUT2D eigenvalue weighted by atomic mass is 9.89. The number of anilines is 1. The summed E-state index contributed by atoms with van der Waals surface area (Å²) in [5.74, 6) is 1.97. The van der Waals surface area contributed by atoms with Crippen molar-refractivity contribution in [3.8, 4) is 0 Å². The highest BCUT2D eigenvalue weighted by Crippen LogP contribution is 2.48. The fourth-order valence-electron chi connectivity index (χ4n) is 3.80. The first-order valence-electron chi connectivity index (χ1n) is 7.42. The van der Waals surface area contributed by atoms with Gasteiger partial charge in [0.25, 0.3) is 0 Å². The maximum atomic E-state index is 12.4. The lowest BCUT2D eigenvalue weighted by Crippen LogP contribution is -2.31. The van der Waals surface area contributed by atoms with E-state index in [1.165, 1.54) is 25.3 Å². The number of hydrogen-bond acceptors (Lipinski definition) is 3. The van der Waals surface area contributed by atoms with Crippen molar-refractivity contribution in [2.24, 2.45) is 17.8 Å². The molecule has 2 saturated carbocycles. The molecule has 3 rings (SSSR count). The molecule has 4 nitrogen and oxygen atoms in total. The third kappa shape index (κ3) is 2.91. The van der Waals surface area contributed by atoms with Crippen molar-refractivity contribution in [1.29, 1.82) is 0 Å². The highest BCUT2D eigenvalue weighted by atomic mass is 35.5. The van der Waals surface area contributed by atoms with Gasteiger partial charge < -0.3 is 5.73 Å². The molecule has 116 valence electrons. The molecule has 0 heterocycles. The van der Waals surface area contributed by atoms with Gasteiger partial charge in [-0.15, -0.1) is 0 Å². The smallest absolute Gasteiger partial charge is 0.242 e. The second-order valence-electron chi connectivity index (χ2n) is 6.43. The number of rotatable bonds is 4. The fraction of sp³-hybridized carbons (Fsp3) is 0.600. The molecule has 2 fully saturated rings. The van der Waals surface area contributed by atoms with Crippen LogP contribution in [0.4, 0.5) is 5.69 Å². The van der Waals surface area contributed by atoms with Crippen molar-refractivity contribution in [2.45, 2.75) is 37.5 Å². The molecule has 0 amide bonds. The van der Waals surface area contributed by atoms with Gasteiger partial charge in [-0.05, 0) is 61.6 Å². The van der Waals surface area contributed by atoms with Crippen LogP contribution < -0.4 is 10.5 Å². The molecule has 2 aliphatic carbocycles. The van der Waals surface area contributed by atoms with Crippen molar-refractivity contribution in [3.63, 3.8) is 0 Å². The predicted octanol–water partition coefficient (Wildman–Crippen LogP) is 2.95. The van der Waals surface area contributed by atoms with Crippen molar-refractivity contribution in [2.75, 3.05) is 12.3 Å². The van der Waals surface area contributed by atoms with Gasteiger partial charge >= 0.3 is 0 Å². The standard InChI is InChI=1S/C15H21ClN2O2S/c1-9-4-13(16)15(7-14(9)17)21(19,20)18-8-12-6-10-2-3-11(12)5-10/h4,7,10-12,18H,2-3,5-6,8,17H2,1H3. The summed E-state index contributed by atoms with van der Waals surface area (Å²) in [6.45, 7) is 2.31. The molecule has 2 bridgehead atoms. The van der Waals surface area contributed by atoms with E-state index in [9.17, 15) is 8.42 Å². The van der Waals surface area contributed by atoms with Gasteiger partial charge in [-0.1, -0.05) is 18.0 Å². The van der Waals surface area contributed by atoms with Crippen molar-refractivity contribution >= 4 is 27.3 Å². The first-order chi connectivity index (χ1) is 9.87. The van der Waals surface area contributed by atoms with E-state index in [-0.39, 0.29) is 9.92 Å². The number of sulfonamides is 1. The summed E-state index contributed by atoms with van der Waals surface area (Å²) < 4.78 is 27.6. The molecule has 21 heavy (non-hydrogen) atoms. The van der Waals surface area contributed by atoms with Crippen molar-refractivity contribution < 1.29 is 8.42 Å². The van der Waals surface area contributed by atoms with Gasteiger partial charge in [0.1, 0.15) is 4.90 Å². The van der Waals surface area contributed by atoms with Gasteiger partial charge in [-0.25, -0.2) is 13.1 Å². The van der Waals surface area contributed by atoms with Gasteiger partial charge in [0.15, 0.2) is 0 Å². The van der Waals surface area contributed by atoms with Crippen molar-refractivity contribution in [1.82, 2.24) is 4.72 Å². The van der Waals surface area contributed by atoms with E-state index in [4.69, 9.17) is 17.3 Å². The number of halogens is 1. The first kappa shape index (κ1) is 15.1. The highest BCUT2D eigenvalue weighted by molar-refractivity contribution is 7.89. The predicted molar refractivity (Wildman–Crippen MR) is 84.7 cm³/mol. The minimum Gasteiger partial charge on any atom is -0.398 e. The zero-order valence-corrected chi connectivity index (χ0v) is 13.7. The van der Waals surface area contributed by atoms with Crippen molar-refractivity contribution in [3.05, 3.63) is 22.7 Å². The Morgan fingerprint density at radius 2 is 2.10 bits per heavy atom. The Morgan fingerprint density at radius 3 is 2.71 bits per heavy atom. The molecular weight excluding hydrogens is 308 g/mol. The normalized spacial score (nSPS) is 28.2. The summed E-state index contributed by atoms with van der Waals surface area (Å²) in [6.07, 6.45) is 4.98. The maximum absolute atomic E-state index is 12.4. The molecule has 0 aliphatic heterocycles. The van der Waals surface area contributed by atoms with Crippen LogP contribution in [0, 0.1) is 24.7 Å². The van der Waals surface area contributed by atoms with Gasteiger partial charge in [0, 0.05) is 12.2 Å². The van der Waals surface area contributed by atoms with Crippen LogP contribution in [0.15, 0.2) is 17.0 Å². The summed E-state index contributed by atoms with van der Waals surface area (Å²) in [7, 11) is -3.60. The minimum atomic E-state index is -3.60. The van der Waals surface area contributed by atoms with Crippen LogP contribution in [0.3, 0.4) is 0 Å². The largest absolute Gasteiger partial charge is 0.398 e. The number of benzene rings is 1. The quantitative estimate of drug-likeness (QED) is 0.835. The third-order valence-electron chi connectivity index (χ3n) is 5.03. The molecule has 1 aromatic rings. The van der Waals surface area contributed by atoms with Crippen LogP contribution in [-0.2, 0) is 10.0 Å². The average molecular weight is 329 g/mol. The van der Waals surface area contributed by atoms with Gasteiger partial charge in [-0.3, -0.25) is 0 Å². The van der Waals surface area contributed by atoms with E-state index in [1.54, 1.807) is 13.0 Å². The number of nitrogen functional groups attached to an aromatic ring is 1. The number of hydrogen-bond donors (Lipinski definition) is 2. The van der Waals surface area contributed by atoms with E-state index in [0.29, 0.717) is 24.1 Å². The summed E-state index contributed by atoms with van der Waals surface area (Å²) in [4.78, 5) is 0.0791. The Kier molecular flexibility index (Phi) is 3.93. The molecule has 0 aromatic heterocycles. The Bertz CT molecular complexity index is 660. The molecule has 0 spiro atoms. The summed E-state index contributed by atoms with van der Waals surface area (Å²) in [5.41, 5.74) is 7.03. The number of aryl methyl sites for hydroxylation is 1. The van der Waals surface area contributed by atoms with E-state index < -0.39 is 10.0 Å². The Balaban J connectivity index is 1.74. The van der Waals surface area contributed by atoms with Crippen LogP contribution in [0.5, 0.6) is 0 Å². The SMILES string of the molecule is Cc1cc(Cl)c(S(=O)(=O)NCC2CC3CCC2C3)cc1N. The molecule has 2 aliphatic rings. The van der Waals surface area contributed by atoms with E-state index in [2.05, 4.69) is 4.72 Å².